The van der Waals surface area contributed by atoms with Gasteiger partial charge in [-0.3, -0.25) is 28.4 Å². The van der Waals surface area contributed by atoms with Gasteiger partial charge in [0.2, 0.25) is 0 Å². The standard InChI is InChI=1S/C27H27ClN6O3/c1-15(2)12-33-25-23(26(36)32(5)27(33)37)24(22-10-18(16(3)35)13-31(22)4)34(30-25)14-17-8-9-29-21-7-6-19(28)11-20(17)21/h6-11,13,15H,12,14H2,1-5H3. The first-order chi connectivity index (χ1) is 17.6. The topological polar surface area (TPSA) is 96.7 Å². The van der Waals surface area contributed by atoms with Crippen molar-refractivity contribution in [3.63, 3.8) is 0 Å². The lowest BCUT2D eigenvalue weighted by Gasteiger charge is -2.11. The van der Waals surface area contributed by atoms with Crippen molar-refractivity contribution in [3.8, 4) is 11.4 Å². The highest BCUT2D eigenvalue weighted by Gasteiger charge is 2.25. The molecule has 9 nitrogen and oxygen atoms in total. The average molecular weight is 519 g/mol. The smallest absolute Gasteiger partial charge is 0.332 e. The molecule has 0 spiro atoms. The molecule has 0 atom stereocenters. The van der Waals surface area contributed by atoms with Gasteiger partial charge in [-0.1, -0.05) is 25.4 Å². The highest BCUT2D eigenvalue weighted by atomic mass is 35.5. The van der Waals surface area contributed by atoms with E-state index in [9.17, 15) is 14.4 Å². The van der Waals surface area contributed by atoms with E-state index in [0.29, 0.717) is 46.1 Å². The molecule has 0 aliphatic heterocycles. The summed E-state index contributed by atoms with van der Waals surface area (Å²) in [6.07, 6.45) is 3.45. The Hall–Kier alpha value is -3.98. The lowest BCUT2D eigenvalue weighted by Crippen LogP contribution is -2.38. The first-order valence-electron chi connectivity index (χ1n) is 12.0. The molecule has 0 N–H and O–H groups in total. The number of pyridine rings is 1. The summed E-state index contributed by atoms with van der Waals surface area (Å²) in [6.45, 7) is 6.21. The number of aromatic nitrogens is 6. The molecule has 0 aliphatic carbocycles. The van der Waals surface area contributed by atoms with Gasteiger partial charge in [0.05, 0.1) is 17.8 Å². The maximum atomic E-state index is 13.5. The average Bonchev–Trinajstić information content (AvgIpc) is 3.41. The number of Topliss-reactive ketones (excluding diaryl/α,β-unsaturated/α-hetero) is 1. The number of halogens is 1. The minimum Gasteiger partial charge on any atom is -0.349 e. The summed E-state index contributed by atoms with van der Waals surface area (Å²) in [5, 5.41) is 6.62. The summed E-state index contributed by atoms with van der Waals surface area (Å²) in [6, 6.07) is 9.14. The van der Waals surface area contributed by atoms with Crippen LogP contribution in [-0.2, 0) is 27.2 Å². The molecule has 0 amide bonds. The normalized spacial score (nSPS) is 11.8. The summed E-state index contributed by atoms with van der Waals surface area (Å²) in [5.74, 6) is 0.0641. The number of benzene rings is 1. The number of hydrogen-bond donors (Lipinski definition) is 0. The molecule has 0 fully saturated rings. The van der Waals surface area contributed by atoms with Crippen LogP contribution < -0.4 is 11.2 Å². The van der Waals surface area contributed by atoms with Gasteiger partial charge in [-0.25, -0.2) is 4.79 Å². The lowest BCUT2D eigenvalue weighted by molar-refractivity contribution is 0.101. The van der Waals surface area contributed by atoms with Crippen LogP contribution in [0.5, 0.6) is 0 Å². The second-order valence-corrected chi connectivity index (χ2v) is 10.2. The Bertz CT molecular complexity index is 1820. The van der Waals surface area contributed by atoms with Crippen molar-refractivity contribution in [1.29, 1.82) is 0 Å². The van der Waals surface area contributed by atoms with E-state index in [0.717, 1.165) is 21.0 Å². The number of carbonyl (C=O) groups is 1. The van der Waals surface area contributed by atoms with E-state index < -0.39 is 11.2 Å². The second-order valence-electron chi connectivity index (χ2n) is 9.77. The quantitative estimate of drug-likeness (QED) is 0.316. The molecular formula is C27H27ClN6O3. The van der Waals surface area contributed by atoms with E-state index in [-0.39, 0.29) is 11.7 Å². The molecule has 190 valence electrons. The van der Waals surface area contributed by atoms with E-state index in [1.165, 1.54) is 14.0 Å². The SMILES string of the molecule is CC(=O)c1cc(-c2c3c(=O)n(C)c(=O)n(CC(C)C)c3nn2Cc2ccnc3ccc(Cl)cc23)n(C)c1. The molecule has 1 aromatic carbocycles. The van der Waals surface area contributed by atoms with E-state index in [1.54, 1.807) is 33.8 Å². The second kappa shape index (κ2) is 9.15. The third-order valence-corrected chi connectivity index (χ3v) is 6.78. The number of carbonyl (C=O) groups excluding carboxylic acids is 1. The number of hydrogen-bond acceptors (Lipinski definition) is 5. The van der Waals surface area contributed by atoms with E-state index in [4.69, 9.17) is 16.7 Å². The number of nitrogens with zero attached hydrogens (tertiary/aromatic N) is 6. The fourth-order valence-electron chi connectivity index (χ4n) is 4.73. The molecule has 4 aromatic heterocycles. The van der Waals surface area contributed by atoms with Crippen LogP contribution in [-0.4, -0.2) is 34.2 Å². The predicted molar refractivity (Wildman–Crippen MR) is 144 cm³/mol. The van der Waals surface area contributed by atoms with Crippen LogP contribution >= 0.6 is 11.6 Å². The first kappa shape index (κ1) is 24.7. The maximum Gasteiger partial charge on any atom is 0.332 e. The van der Waals surface area contributed by atoms with Gasteiger partial charge in [0.15, 0.2) is 11.4 Å². The Labute approximate surface area is 217 Å². The molecule has 0 unspecified atom stereocenters. The molecule has 4 heterocycles. The van der Waals surface area contributed by atoms with Crippen molar-refractivity contribution < 1.29 is 4.79 Å². The fourth-order valence-corrected chi connectivity index (χ4v) is 4.91. The van der Waals surface area contributed by atoms with Gasteiger partial charge >= 0.3 is 5.69 Å². The largest absolute Gasteiger partial charge is 0.349 e. The first-order valence-corrected chi connectivity index (χ1v) is 12.4. The molecule has 0 radical (unpaired) electrons. The van der Waals surface area contributed by atoms with Gasteiger partial charge in [-0.15, -0.1) is 0 Å². The molecule has 10 heteroatoms. The Morgan fingerprint density at radius 3 is 2.54 bits per heavy atom. The minimum absolute atomic E-state index is 0.0865. The van der Waals surface area contributed by atoms with Crippen molar-refractivity contribution in [1.82, 2.24) is 28.5 Å². The zero-order valence-electron chi connectivity index (χ0n) is 21.3. The fraction of sp³-hybridized carbons (Fsp3) is 0.296. The molecule has 0 saturated heterocycles. The minimum atomic E-state index is -0.436. The summed E-state index contributed by atoms with van der Waals surface area (Å²) >= 11 is 6.30. The van der Waals surface area contributed by atoms with Crippen LogP contribution in [0.25, 0.3) is 33.3 Å². The van der Waals surface area contributed by atoms with Gasteiger partial charge in [-0.05, 0) is 48.7 Å². The number of aryl methyl sites for hydroxylation is 1. The van der Waals surface area contributed by atoms with Gasteiger partial charge < -0.3 is 4.57 Å². The monoisotopic (exact) mass is 518 g/mol. The number of ketones is 1. The van der Waals surface area contributed by atoms with E-state index >= 15 is 0 Å². The predicted octanol–water partition coefficient (Wildman–Crippen LogP) is 4.01. The Balaban J connectivity index is 1.87. The maximum absolute atomic E-state index is 13.5. The molecule has 37 heavy (non-hydrogen) atoms. The Kier molecular flexibility index (Phi) is 6.11. The number of rotatable bonds is 6. The van der Waals surface area contributed by atoms with Crippen LogP contribution in [0.15, 0.2) is 52.3 Å². The van der Waals surface area contributed by atoms with Gasteiger partial charge in [-0.2, -0.15) is 5.10 Å². The number of fused-ring (bicyclic) bond motifs is 2. The molecule has 5 aromatic rings. The summed E-state index contributed by atoms with van der Waals surface area (Å²) in [4.78, 5) is 43.3. The Morgan fingerprint density at radius 2 is 1.86 bits per heavy atom. The van der Waals surface area contributed by atoms with Gasteiger partial charge in [0.25, 0.3) is 5.56 Å². The van der Waals surface area contributed by atoms with Crippen molar-refractivity contribution in [2.45, 2.75) is 33.9 Å². The van der Waals surface area contributed by atoms with Gasteiger partial charge in [0, 0.05) is 49.0 Å². The highest BCUT2D eigenvalue weighted by molar-refractivity contribution is 6.31. The van der Waals surface area contributed by atoms with Crippen molar-refractivity contribution in [3.05, 3.63) is 79.7 Å². The van der Waals surface area contributed by atoms with Crippen LogP contribution in [0.4, 0.5) is 0 Å². The zero-order valence-corrected chi connectivity index (χ0v) is 22.1. The van der Waals surface area contributed by atoms with E-state index in [2.05, 4.69) is 4.98 Å². The zero-order chi connectivity index (χ0) is 26.6. The van der Waals surface area contributed by atoms with Crippen molar-refractivity contribution in [2.24, 2.45) is 20.0 Å². The van der Waals surface area contributed by atoms with Crippen LogP contribution in [0.3, 0.4) is 0 Å². The molecule has 0 bridgehead atoms. The lowest BCUT2D eigenvalue weighted by atomic mass is 10.1. The molecule has 5 rings (SSSR count). The molecule has 0 saturated carbocycles. The van der Waals surface area contributed by atoms with Crippen LogP contribution in [0.2, 0.25) is 5.02 Å². The molecule has 0 aliphatic rings. The van der Waals surface area contributed by atoms with Crippen LogP contribution in [0, 0.1) is 5.92 Å². The van der Waals surface area contributed by atoms with E-state index in [1.807, 2.05) is 43.7 Å². The Morgan fingerprint density at radius 1 is 1.11 bits per heavy atom. The third-order valence-electron chi connectivity index (χ3n) is 6.54. The summed E-state index contributed by atoms with van der Waals surface area (Å²) in [7, 11) is 3.30. The third kappa shape index (κ3) is 4.19. The van der Waals surface area contributed by atoms with Crippen molar-refractivity contribution in [2.75, 3.05) is 0 Å². The van der Waals surface area contributed by atoms with Crippen LogP contribution in [0.1, 0.15) is 36.7 Å². The van der Waals surface area contributed by atoms with Gasteiger partial charge in [0.1, 0.15) is 11.1 Å². The molecular weight excluding hydrogens is 492 g/mol. The summed E-state index contributed by atoms with van der Waals surface area (Å²) < 4.78 is 6.22. The van der Waals surface area contributed by atoms with Crippen molar-refractivity contribution >= 4 is 39.3 Å². The highest BCUT2D eigenvalue weighted by Crippen LogP contribution is 2.30. The summed E-state index contributed by atoms with van der Waals surface area (Å²) in [5.41, 5.74) is 2.86.